The van der Waals surface area contributed by atoms with Gasteiger partial charge < -0.3 is 14.4 Å². The predicted molar refractivity (Wildman–Crippen MR) is 223 cm³/mol. The number of ether oxygens (including phenoxy) is 2. The summed E-state index contributed by atoms with van der Waals surface area (Å²) in [6, 6.07) is 0. The fraction of sp³-hybridized carbons (Fsp3) is 0.920. The monoisotopic (exact) mass is 793 g/mol. The average Bonchev–Trinajstić information content (AvgIpc) is 3.78. The number of amides is 1. The largest absolute Gasteiger partial charge is 0.462 e. The molecule has 0 spiro atoms. The highest BCUT2D eigenvalue weighted by Crippen LogP contribution is 2.79. The Bertz CT molecular complexity index is 1730. The number of carbonyl (C=O) groups is 4. The maximum Gasteiger partial charge on any atom is 0.310 e. The molecule has 320 valence electrons. The minimum absolute atomic E-state index is 0.0390. The van der Waals surface area contributed by atoms with Crippen LogP contribution in [0.15, 0.2) is 0 Å². The summed E-state index contributed by atoms with van der Waals surface area (Å²) in [7, 11) is 0. The van der Waals surface area contributed by atoms with Crippen molar-refractivity contribution in [2.24, 2.45) is 79.3 Å². The van der Waals surface area contributed by atoms with Crippen molar-refractivity contribution < 1.29 is 32.8 Å². The van der Waals surface area contributed by atoms with Gasteiger partial charge in [0.25, 0.3) is 6.47 Å². The molecular weight excluding hydrogens is 711 g/mol. The van der Waals surface area contributed by atoms with E-state index in [-0.39, 0.29) is 56.9 Å². The van der Waals surface area contributed by atoms with Gasteiger partial charge in [0.2, 0.25) is 5.91 Å². The second-order valence-corrected chi connectivity index (χ2v) is 23.9. The number of rotatable bonds is 10. The molecule has 7 aliphatic carbocycles. The summed E-state index contributed by atoms with van der Waals surface area (Å²) in [4.78, 5) is 55.8. The number of carbonyl (C=O) groups excluding carboxylic acids is 4. The molecule has 7 heteroatoms. The van der Waals surface area contributed by atoms with Gasteiger partial charge in [-0.25, -0.2) is 0 Å². The van der Waals surface area contributed by atoms with Gasteiger partial charge in [-0.2, -0.15) is 0 Å². The quantitative estimate of drug-likeness (QED) is 0.162. The minimum Gasteiger partial charge on any atom is -0.462 e. The smallest absolute Gasteiger partial charge is 0.310 e. The van der Waals surface area contributed by atoms with Crippen molar-refractivity contribution in [3.63, 3.8) is 0 Å². The van der Waals surface area contributed by atoms with Crippen LogP contribution in [-0.4, -0.2) is 53.8 Å². The molecule has 13 atom stereocenters. The number of likely N-dealkylation sites (tertiary alicyclic amines) is 1. The van der Waals surface area contributed by atoms with Gasteiger partial charge >= 0.3 is 5.97 Å². The summed E-state index contributed by atoms with van der Waals surface area (Å²) >= 11 is 0. The molecule has 0 radical (unpaired) electrons. The Hall–Kier alpha value is -1.92. The first kappa shape index (κ1) is 38.0. The Kier molecular flexibility index (Phi) is 9.21. The molecule has 7 nitrogen and oxygen atoms in total. The Balaban J connectivity index is 1.01. The lowest BCUT2D eigenvalue weighted by molar-refractivity contribution is -0.251. The van der Waals surface area contributed by atoms with Gasteiger partial charge in [0.05, 0.1) is 6.42 Å². The zero-order valence-electron chi connectivity index (χ0n) is 40.2. The van der Waals surface area contributed by atoms with Crippen LogP contribution < -0.4 is 0 Å². The highest BCUT2D eigenvalue weighted by Gasteiger charge is 2.73. The molecule has 1 unspecified atom stereocenters. The van der Waals surface area contributed by atoms with Crippen LogP contribution in [0.2, 0.25) is 0 Å². The van der Waals surface area contributed by atoms with E-state index in [1.165, 1.54) is 45.4 Å². The number of fused-ring (bicyclic) bond motifs is 7. The number of esters is 1. The molecule has 1 amide bonds. The van der Waals surface area contributed by atoms with Crippen LogP contribution in [0, 0.1) is 79.3 Å². The standard InChI is InChI=1S/C50H79NO6/c1-43(2,56-31-52)30-40(54)57-39-18-19-47(8)36(45(39,5)6)17-20-49(10)37(47)15-14-34-41-33(46(7)22-23-46)16-21-50(41,25-24-48(34,49)9)38(53)29-32-28-35(44(32,3)4)42(55)51-26-12-11-13-27-51/h31-37,39,41H,11-30H2,1-10H3/t32-,33+,34+,35+,36-,37+,39-,41+,47-,48+,49+,50+/m0/s1/i1D3/t32-,33+,34+,35+,36-,37+,39-,41+,43?,47-,48+,49+,50+. The number of hydrogen-bond donors (Lipinski definition) is 0. The van der Waals surface area contributed by atoms with E-state index >= 15 is 4.79 Å². The van der Waals surface area contributed by atoms with Gasteiger partial charge in [0.1, 0.15) is 17.5 Å². The summed E-state index contributed by atoms with van der Waals surface area (Å²) in [5.41, 5.74) is -1.98. The van der Waals surface area contributed by atoms with E-state index in [2.05, 4.69) is 60.3 Å². The van der Waals surface area contributed by atoms with Crippen molar-refractivity contribution in [1.82, 2.24) is 4.90 Å². The lowest BCUT2D eigenvalue weighted by Crippen LogP contribution is -2.67. The highest BCUT2D eigenvalue weighted by molar-refractivity contribution is 5.87. The molecule has 8 rings (SSSR count). The zero-order valence-corrected chi connectivity index (χ0v) is 37.2. The minimum atomic E-state index is -2.66. The van der Waals surface area contributed by atoms with E-state index in [9.17, 15) is 14.4 Å². The number of nitrogens with zero attached hydrogens (tertiary/aromatic N) is 1. The summed E-state index contributed by atoms with van der Waals surface area (Å²) < 4.78 is 35.0. The Labute approximate surface area is 349 Å². The van der Waals surface area contributed by atoms with E-state index < -0.39 is 24.8 Å². The molecule has 0 aromatic carbocycles. The van der Waals surface area contributed by atoms with Crippen molar-refractivity contribution in [2.45, 2.75) is 196 Å². The van der Waals surface area contributed by atoms with E-state index in [0.29, 0.717) is 53.1 Å². The number of Topliss-reactive ketones (excluding diaryl/α,β-unsaturated/α-hetero) is 1. The maximum atomic E-state index is 15.3. The molecule has 1 aliphatic heterocycles. The van der Waals surface area contributed by atoms with Gasteiger partial charge in [0, 0.05) is 40.4 Å². The van der Waals surface area contributed by atoms with E-state index in [4.69, 9.17) is 13.6 Å². The molecule has 7 saturated carbocycles. The predicted octanol–water partition coefficient (Wildman–Crippen LogP) is 10.8. The average molecular weight is 793 g/mol. The Morgan fingerprint density at radius 3 is 2.14 bits per heavy atom. The molecule has 0 aromatic rings. The van der Waals surface area contributed by atoms with Gasteiger partial charge in [-0.1, -0.05) is 55.4 Å². The summed E-state index contributed by atoms with van der Waals surface area (Å²) in [5, 5.41) is 0. The maximum absolute atomic E-state index is 15.3. The van der Waals surface area contributed by atoms with Crippen LogP contribution in [0.5, 0.6) is 0 Å². The summed E-state index contributed by atoms with van der Waals surface area (Å²) in [6.45, 7) is 19.9. The van der Waals surface area contributed by atoms with Gasteiger partial charge in [-0.3, -0.25) is 19.2 Å². The van der Waals surface area contributed by atoms with Gasteiger partial charge in [-0.05, 0) is 179 Å². The number of ketones is 1. The van der Waals surface area contributed by atoms with Crippen LogP contribution >= 0.6 is 0 Å². The van der Waals surface area contributed by atoms with Crippen molar-refractivity contribution >= 4 is 24.1 Å². The molecule has 1 saturated heterocycles. The fourth-order valence-corrected chi connectivity index (χ4v) is 16.8. The molecular formula is C50H79NO6. The summed E-state index contributed by atoms with van der Waals surface area (Å²) in [5.74, 6) is 2.98. The van der Waals surface area contributed by atoms with E-state index in [0.717, 1.165) is 77.3 Å². The third-order valence-electron chi connectivity index (χ3n) is 20.8. The summed E-state index contributed by atoms with van der Waals surface area (Å²) in [6.07, 6.45) is 17.2. The molecule has 1 heterocycles. The normalized spacial score (nSPS) is 47.0. The topological polar surface area (TPSA) is 90.0 Å². The first-order chi connectivity index (χ1) is 27.8. The van der Waals surface area contributed by atoms with Crippen molar-refractivity contribution in [2.75, 3.05) is 13.1 Å². The van der Waals surface area contributed by atoms with Crippen LogP contribution in [0.4, 0.5) is 0 Å². The molecule has 8 aliphatic rings. The first-order valence-electron chi connectivity index (χ1n) is 25.0. The number of piperidine rings is 1. The Morgan fingerprint density at radius 2 is 1.49 bits per heavy atom. The molecule has 0 N–H and O–H groups in total. The zero-order chi connectivity index (χ0) is 43.7. The third kappa shape index (κ3) is 6.26. The number of hydrogen-bond acceptors (Lipinski definition) is 6. The second kappa shape index (κ2) is 13.8. The third-order valence-corrected chi connectivity index (χ3v) is 20.8. The molecule has 8 fully saturated rings. The van der Waals surface area contributed by atoms with Crippen molar-refractivity contribution in [3.05, 3.63) is 0 Å². The van der Waals surface area contributed by atoms with Gasteiger partial charge in [0.15, 0.2) is 0 Å². The van der Waals surface area contributed by atoms with Crippen LogP contribution in [-0.2, 0) is 28.7 Å². The van der Waals surface area contributed by atoms with Gasteiger partial charge in [-0.15, -0.1) is 0 Å². The fourth-order valence-electron chi connectivity index (χ4n) is 16.8. The SMILES string of the molecule is [2H]C([2H])([2H])C(C)(CC(=O)O[C@H]1CC[C@]2(C)[C@H]3CC[C@@H]4[C@H]5[C@H](C6(C)CC6)CC[C@]5(C(=O)C[C@@H]5C[C@H](C(=O)N6CCCCC6)C5(C)C)CC[C@@]4(C)[C@]3(C)CC[C@H]2C1(C)C)OC=O. The second-order valence-electron chi connectivity index (χ2n) is 23.9. The molecule has 0 bridgehead atoms. The van der Waals surface area contributed by atoms with Crippen LogP contribution in [0.3, 0.4) is 0 Å². The van der Waals surface area contributed by atoms with E-state index in [1.807, 2.05) is 0 Å². The van der Waals surface area contributed by atoms with Crippen molar-refractivity contribution in [3.8, 4) is 0 Å². The van der Waals surface area contributed by atoms with Crippen LogP contribution in [0.25, 0.3) is 0 Å². The van der Waals surface area contributed by atoms with Crippen molar-refractivity contribution in [1.29, 1.82) is 0 Å². The van der Waals surface area contributed by atoms with Crippen LogP contribution in [0.1, 0.15) is 189 Å². The molecule has 0 aromatic heterocycles. The lowest BCUT2D eigenvalue weighted by Gasteiger charge is -2.73. The molecule has 57 heavy (non-hydrogen) atoms. The first-order valence-corrected chi connectivity index (χ1v) is 23.5. The lowest BCUT2D eigenvalue weighted by atomic mass is 9.32. The highest BCUT2D eigenvalue weighted by atomic mass is 16.6. The Morgan fingerprint density at radius 1 is 0.772 bits per heavy atom. The van der Waals surface area contributed by atoms with E-state index in [1.54, 1.807) is 0 Å².